The molecule has 18 heavy (non-hydrogen) atoms. The summed E-state index contributed by atoms with van der Waals surface area (Å²) in [6, 6.07) is 6.18. The van der Waals surface area contributed by atoms with Crippen LogP contribution in [0.5, 0.6) is 0 Å². The lowest BCUT2D eigenvalue weighted by molar-refractivity contribution is -0.136. The number of aliphatic hydroxyl groups is 1. The van der Waals surface area contributed by atoms with E-state index in [0.29, 0.717) is 6.54 Å². The summed E-state index contributed by atoms with van der Waals surface area (Å²) in [6.07, 6.45) is 1.06. The van der Waals surface area contributed by atoms with E-state index in [0.717, 1.165) is 17.4 Å². The Balaban J connectivity index is 2.08. The zero-order valence-electron chi connectivity index (χ0n) is 10.7. The third-order valence-electron chi connectivity index (χ3n) is 3.12. The van der Waals surface area contributed by atoms with Gasteiger partial charge in [-0.15, -0.1) is 0 Å². The molecule has 1 amide bonds. The first-order valence-corrected chi connectivity index (χ1v) is 6.92. The Bertz CT molecular complexity index is 465. The normalized spacial score (nSPS) is 15.4. The van der Waals surface area contributed by atoms with Gasteiger partial charge in [0.05, 0.1) is 12.0 Å². The zero-order chi connectivity index (χ0) is 13.3. The van der Waals surface area contributed by atoms with E-state index in [4.69, 9.17) is 0 Å². The number of carbonyl (C=O) groups excluding carboxylic acids is 1. The molecule has 1 N–H and O–H groups in total. The van der Waals surface area contributed by atoms with Crippen LogP contribution in [0.25, 0.3) is 0 Å². The summed E-state index contributed by atoms with van der Waals surface area (Å²) in [5.74, 6) is 0.0241. The number of benzene rings is 1. The highest BCUT2D eigenvalue weighted by atomic mass is 79.9. The van der Waals surface area contributed by atoms with E-state index in [2.05, 4.69) is 28.1 Å². The van der Waals surface area contributed by atoms with Crippen molar-refractivity contribution in [1.82, 2.24) is 4.90 Å². The van der Waals surface area contributed by atoms with Crippen molar-refractivity contribution in [3.05, 3.63) is 33.8 Å². The predicted molar refractivity (Wildman–Crippen MR) is 74.2 cm³/mol. The summed E-state index contributed by atoms with van der Waals surface area (Å²) in [5, 5.41) is 9.70. The van der Waals surface area contributed by atoms with Crippen LogP contribution >= 0.6 is 15.9 Å². The maximum Gasteiger partial charge on any atom is 0.225 e. The van der Waals surface area contributed by atoms with Gasteiger partial charge in [-0.3, -0.25) is 4.79 Å². The number of hydrogen-bond acceptors (Lipinski definition) is 2. The van der Waals surface area contributed by atoms with Gasteiger partial charge >= 0.3 is 0 Å². The number of carbonyl (C=O) groups is 1. The number of rotatable bonds is 2. The molecule has 2 rings (SSSR count). The van der Waals surface area contributed by atoms with Gasteiger partial charge in [0.15, 0.2) is 0 Å². The Morgan fingerprint density at radius 1 is 1.44 bits per heavy atom. The average Bonchev–Trinajstić information content (AvgIpc) is 2.26. The van der Waals surface area contributed by atoms with E-state index >= 15 is 0 Å². The van der Waals surface area contributed by atoms with Gasteiger partial charge in [0, 0.05) is 17.6 Å². The predicted octanol–water partition coefficient (Wildman–Crippen LogP) is 2.49. The second-order valence-corrected chi connectivity index (χ2v) is 6.38. The molecule has 1 aromatic carbocycles. The Morgan fingerprint density at radius 2 is 2.17 bits per heavy atom. The Labute approximate surface area is 116 Å². The fraction of sp³-hybridized carbons (Fsp3) is 0.500. The molecule has 0 fully saturated rings. The smallest absolute Gasteiger partial charge is 0.225 e. The highest BCUT2D eigenvalue weighted by Gasteiger charge is 2.25. The third kappa shape index (κ3) is 3.33. The summed E-state index contributed by atoms with van der Waals surface area (Å²) in [7, 11) is 0. The topological polar surface area (TPSA) is 40.5 Å². The molecule has 0 bridgehead atoms. The molecule has 3 nitrogen and oxygen atoms in total. The minimum atomic E-state index is -0.933. The fourth-order valence-electron chi connectivity index (χ4n) is 2.22. The van der Waals surface area contributed by atoms with Gasteiger partial charge in [-0.25, -0.2) is 0 Å². The zero-order valence-corrected chi connectivity index (χ0v) is 12.3. The second-order valence-electron chi connectivity index (χ2n) is 5.47. The standard InChI is InChI=1S/C14H18BrNO2/c1-14(2,18)8-13(17)16-6-5-10-7-12(15)4-3-11(10)9-16/h3-4,7,18H,5-6,8-9H2,1-2H3. The summed E-state index contributed by atoms with van der Waals surface area (Å²) in [4.78, 5) is 13.9. The molecule has 1 aliphatic rings. The number of nitrogens with zero attached hydrogens (tertiary/aromatic N) is 1. The number of fused-ring (bicyclic) bond motifs is 1. The first kappa shape index (κ1) is 13.6. The quantitative estimate of drug-likeness (QED) is 0.911. The largest absolute Gasteiger partial charge is 0.390 e. The molecule has 1 aromatic rings. The van der Waals surface area contributed by atoms with Crippen LogP contribution in [0.1, 0.15) is 31.4 Å². The van der Waals surface area contributed by atoms with Gasteiger partial charge in [-0.05, 0) is 43.5 Å². The van der Waals surface area contributed by atoms with Gasteiger partial charge in [-0.2, -0.15) is 0 Å². The summed E-state index contributed by atoms with van der Waals surface area (Å²) in [6.45, 7) is 4.72. The number of hydrogen-bond donors (Lipinski definition) is 1. The molecule has 98 valence electrons. The van der Waals surface area contributed by atoms with E-state index in [-0.39, 0.29) is 12.3 Å². The Morgan fingerprint density at radius 3 is 2.83 bits per heavy atom. The van der Waals surface area contributed by atoms with Gasteiger partial charge in [-0.1, -0.05) is 22.0 Å². The fourth-order valence-corrected chi connectivity index (χ4v) is 2.62. The van der Waals surface area contributed by atoms with Crippen molar-refractivity contribution in [2.45, 2.75) is 38.8 Å². The molecule has 0 saturated carbocycles. The van der Waals surface area contributed by atoms with Crippen LogP contribution in [0.4, 0.5) is 0 Å². The minimum absolute atomic E-state index is 0.0241. The maximum absolute atomic E-state index is 12.0. The molecule has 1 aliphatic heterocycles. The monoisotopic (exact) mass is 311 g/mol. The molecule has 4 heteroatoms. The molecule has 0 aromatic heterocycles. The van der Waals surface area contributed by atoms with Gasteiger partial charge < -0.3 is 10.0 Å². The molecule has 0 unspecified atom stereocenters. The molecule has 0 radical (unpaired) electrons. The van der Waals surface area contributed by atoms with Crippen molar-refractivity contribution < 1.29 is 9.90 Å². The molecule has 0 aliphatic carbocycles. The van der Waals surface area contributed by atoms with Crippen molar-refractivity contribution in [1.29, 1.82) is 0 Å². The van der Waals surface area contributed by atoms with Crippen molar-refractivity contribution in [3.8, 4) is 0 Å². The summed E-state index contributed by atoms with van der Waals surface area (Å²) < 4.78 is 1.08. The molecule has 0 spiro atoms. The van der Waals surface area contributed by atoms with Crippen molar-refractivity contribution in [2.75, 3.05) is 6.54 Å². The van der Waals surface area contributed by atoms with Gasteiger partial charge in [0.25, 0.3) is 0 Å². The van der Waals surface area contributed by atoms with Crippen molar-refractivity contribution in [2.24, 2.45) is 0 Å². The molecular formula is C14H18BrNO2. The van der Waals surface area contributed by atoms with Gasteiger partial charge in [0.2, 0.25) is 5.91 Å². The van der Waals surface area contributed by atoms with E-state index in [1.54, 1.807) is 13.8 Å². The van der Waals surface area contributed by atoms with Crippen LogP contribution in [0.15, 0.2) is 22.7 Å². The Kier molecular flexibility index (Phi) is 3.78. The highest BCUT2D eigenvalue weighted by Crippen LogP contribution is 2.24. The van der Waals surface area contributed by atoms with E-state index < -0.39 is 5.60 Å². The lowest BCUT2D eigenvalue weighted by Crippen LogP contribution is -2.39. The SMILES string of the molecule is CC(C)(O)CC(=O)N1CCc2cc(Br)ccc2C1. The number of amides is 1. The van der Waals surface area contributed by atoms with Gasteiger partial charge in [0.1, 0.15) is 0 Å². The summed E-state index contributed by atoms with van der Waals surface area (Å²) in [5.41, 5.74) is 1.57. The van der Waals surface area contributed by atoms with Crippen LogP contribution in [0, 0.1) is 0 Å². The maximum atomic E-state index is 12.0. The number of halogens is 1. The average molecular weight is 312 g/mol. The summed E-state index contributed by atoms with van der Waals surface area (Å²) >= 11 is 3.46. The van der Waals surface area contributed by atoms with Crippen molar-refractivity contribution in [3.63, 3.8) is 0 Å². The first-order chi connectivity index (χ1) is 8.35. The van der Waals surface area contributed by atoms with E-state index in [1.165, 1.54) is 11.1 Å². The van der Waals surface area contributed by atoms with Crippen LogP contribution in [-0.4, -0.2) is 28.1 Å². The minimum Gasteiger partial charge on any atom is -0.390 e. The molecule has 1 heterocycles. The third-order valence-corrected chi connectivity index (χ3v) is 3.61. The van der Waals surface area contributed by atoms with E-state index in [9.17, 15) is 9.90 Å². The molecular weight excluding hydrogens is 294 g/mol. The van der Waals surface area contributed by atoms with Crippen LogP contribution in [0.3, 0.4) is 0 Å². The first-order valence-electron chi connectivity index (χ1n) is 6.13. The molecule has 0 saturated heterocycles. The van der Waals surface area contributed by atoms with Crippen LogP contribution < -0.4 is 0 Å². The van der Waals surface area contributed by atoms with E-state index in [1.807, 2.05) is 11.0 Å². The lowest BCUT2D eigenvalue weighted by atomic mass is 9.98. The molecule has 0 atom stereocenters. The van der Waals surface area contributed by atoms with Crippen LogP contribution in [-0.2, 0) is 17.8 Å². The Hall–Kier alpha value is -0.870. The van der Waals surface area contributed by atoms with Crippen LogP contribution in [0.2, 0.25) is 0 Å². The van der Waals surface area contributed by atoms with Crippen molar-refractivity contribution >= 4 is 21.8 Å². The lowest BCUT2D eigenvalue weighted by Gasteiger charge is -2.31. The highest BCUT2D eigenvalue weighted by molar-refractivity contribution is 9.10. The second kappa shape index (κ2) is 5.02.